The molecule has 6 nitrogen and oxygen atoms in total. The fraction of sp³-hybridized carbons (Fsp3) is 0.267. The van der Waals surface area contributed by atoms with Gasteiger partial charge in [0, 0.05) is 29.7 Å². The average molecular weight is 285 g/mol. The van der Waals surface area contributed by atoms with Gasteiger partial charge in [-0.2, -0.15) is 0 Å². The molecule has 21 heavy (non-hydrogen) atoms. The van der Waals surface area contributed by atoms with Gasteiger partial charge in [0.25, 0.3) is 5.91 Å². The zero-order valence-corrected chi connectivity index (χ0v) is 11.3. The molecule has 1 amide bonds. The normalized spacial score (nSPS) is 20.6. The van der Waals surface area contributed by atoms with Crippen molar-refractivity contribution in [1.29, 1.82) is 0 Å². The minimum absolute atomic E-state index is 0.0353. The Morgan fingerprint density at radius 2 is 1.95 bits per heavy atom. The van der Waals surface area contributed by atoms with Gasteiger partial charge in [-0.05, 0) is 37.1 Å². The second-order valence-electron chi connectivity index (χ2n) is 5.19. The summed E-state index contributed by atoms with van der Waals surface area (Å²) in [6.45, 7) is 0. The number of carboxylic acids is 1. The Kier molecular flexibility index (Phi) is 3.43. The fourth-order valence-electron chi connectivity index (χ4n) is 2.40. The maximum Gasteiger partial charge on any atom is 0.306 e. The van der Waals surface area contributed by atoms with Crippen LogP contribution in [0.5, 0.6) is 0 Å². The molecule has 1 fully saturated rings. The van der Waals surface area contributed by atoms with E-state index >= 15 is 0 Å². The van der Waals surface area contributed by atoms with Crippen molar-refractivity contribution in [3.63, 3.8) is 0 Å². The van der Waals surface area contributed by atoms with Gasteiger partial charge < -0.3 is 15.0 Å². The molecule has 2 N–H and O–H groups in total. The lowest BCUT2D eigenvalue weighted by molar-refractivity contribution is -0.145. The molecule has 0 radical (unpaired) electrons. The van der Waals surface area contributed by atoms with Crippen molar-refractivity contribution in [2.75, 3.05) is 0 Å². The molecule has 2 aromatic rings. The molecule has 1 aliphatic rings. The molecule has 0 aliphatic heterocycles. The highest BCUT2D eigenvalue weighted by Crippen LogP contribution is 2.27. The van der Waals surface area contributed by atoms with Gasteiger partial charge in [0.2, 0.25) is 0 Å². The maximum absolute atomic E-state index is 12.0. The molecule has 1 saturated carbocycles. The van der Waals surface area contributed by atoms with Crippen LogP contribution >= 0.6 is 0 Å². The number of carboxylic acid groups (broad SMARTS) is 1. The minimum Gasteiger partial charge on any atom is -0.481 e. The number of carbonyl (C=O) groups is 2. The molecule has 1 aromatic carbocycles. The van der Waals surface area contributed by atoms with E-state index in [9.17, 15) is 9.59 Å². The molecule has 108 valence electrons. The van der Waals surface area contributed by atoms with Crippen LogP contribution in [0.15, 0.2) is 43.0 Å². The van der Waals surface area contributed by atoms with Crippen LogP contribution < -0.4 is 5.32 Å². The lowest BCUT2D eigenvalue weighted by Crippen LogP contribution is -2.46. The third kappa shape index (κ3) is 2.79. The van der Waals surface area contributed by atoms with Crippen LogP contribution in [0.4, 0.5) is 0 Å². The van der Waals surface area contributed by atoms with E-state index < -0.39 is 5.97 Å². The summed E-state index contributed by atoms with van der Waals surface area (Å²) in [5, 5.41) is 11.7. The van der Waals surface area contributed by atoms with Gasteiger partial charge >= 0.3 is 5.97 Å². The average Bonchev–Trinajstić information content (AvgIpc) is 2.96. The molecule has 0 atom stereocenters. The molecule has 1 aromatic heterocycles. The Labute approximate surface area is 121 Å². The van der Waals surface area contributed by atoms with Crippen molar-refractivity contribution in [2.45, 2.75) is 18.9 Å². The number of hydrogen-bond donors (Lipinski definition) is 2. The number of carbonyl (C=O) groups excluding carboxylic acids is 1. The van der Waals surface area contributed by atoms with Crippen molar-refractivity contribution < 1.29 is 14.7 Å². The van der Waals surface area contributed by atoms with Crippen molar-refractivity contribution in [1.82, 2.24) is 14.9 Å². The summed E-state index contributed by atoms with van der Waals surface area (Å²) in [5.74, 6) is -1.27. The van der Waals surface area contributed by atoms with Crippen molar-refractivity contribution in [3.8, 4) is 5.69 Å². The minimum atomic E-state index is -0.787. The Bertz CT molecular complexity index is 643. The number of aliphatic carboxylic acids is 1. The van der Waals surface area contributed by atoms with Gasteiger partial charge in [-0.25, -0.2) is 4.98 Å². The standard InChI is InChI=1S/C15H15N3O3/c19-14(17-12-7-11(8-12)15(20)21)10-1-3-13(4-2-10)18-6-5-16-9-18/h1-6,9,11-12H,7-8H2,(H,17,19)(H,20,21). The second kappa shape index (κ2) is 5.40. The number of rotatable bonds is 4. The first-order valence-corrected chi connectivity index (χ1v) is 6.75. The highest BCUT2D eigenvalue weighted by molar-refractivity contribution is 5.94. The molecule has 0 saturated heterocycles. The third-order valence-electron chi connectivity index (χ3n) is 3.75. The molecule has 0 bridgehead atoms. The Hall–Kier alpha value is -2.63. The first-order chi connectivity index (χ1) is 10.1. The summed E-state index contributed by atoms with van der Waals surface area (Å²) in [6.07, 6.45) is 6.23. The molecular formula is C15H15N3O3. The largest absolute Gasteiger partial charge is 0.481 e. The van der Waals surface area contributed by atoms with Crippen molar-refractivity contribution in [2.24, 2.45) is 5.92 Å². The summed E-state index contributed by atoms with van der Waals surface area (Å²) in [4.78, 5) is 26.7. The SMILES string of the molecule is O=C(NC1CC(C(=O)O)C1)c1ccc(-n2ccnc2)cc1. The quantitative estimate of drug-likeness (QED) is 0.890. The van der Waals surface area contributed by atoms with Gasteiger partial charge in [0.15, 0.2) is 0 Å². The number of nitrogens with one attached hydrogen (secondary N) is 1. The zero-order chi connectivity index (χ0) is 14.8. The summed E-state index contributed by atoms with van der Waals surface area (Å²) in [7, 11) is 0. The first-order valence-electron chi connectivity index (χ1n) is 6.75. The molecule has 3 rings (SSSR count). The predicted molar refractivity (Wildman–Crippen MR) is 75.2 cm³/mol. The Balaban J connectivity index is 1.60. The van der Waals surface area contributed by atoms with Crippen LogP contribution in [0.2, 0.25) is 0 Å². The van der Waals surface area contributed by atoms with Crippen LogP contribution in [-0.4, -0.2) is 32.6 Å². The van der Waals surface area contributed by atoms with E-state index in [-0.39, 0.29) is 17.9 Å². The van der Waals surface area contributed by atoms with Crippen molar-refractivity contribution in [3.05, 3.63) is 48.5 Å². The van der Waals surface area contributed by atoms with Gasteiger partial charge in [0.1, 0.15) is 0 Å². The number of hydrogen-bond acceptors (Lipinski definition) is 3. The first kappa shape index (κ1) is 13.4. The highest BCUT2D eigenvalue weighted by Gasteiger charge is 2.35. The maximum atomic E-state index is 12.0. The van der Waals surface area contributed by atoms with E-state index in [1.54, 1.807) is 24.7 Å². The molecule has 0 unspecified atom stereocenters. The third-order valence-corrected chi connectivity index (χ3v) is 3.75. The number of benzene rings is 1. The lowest BCUT2D eigenvalue weighted by Gasteiger charge is -2.32. The lowest BCUT2D eigenvalue weighted by atomic mass is 9.80. The van der Waals surface area contributed by atoms with Crippen LogP contribution in [0.3, 0.4) is 0 Å². The number of aromatic nitrogens is 2. The molecule has 6 heteroatoms. The van der Waals surface area contributed by atoms with Crippen molar-refractivity contribution >= 4 is 11.9 Å². The van der Waals surface area contributed by atoms with Gasteiger partial charge in [-0.3, -0.25) is 9.59 Å². The van der Waals surface area contributed by atoms with Gasteiger partial charge in [-0.15, -0.1) is 0 Å². The predicted octanol–water partition coefficient (Wildman–Crippen LogP) is 1.47. The topological polar surface area (TPSA) is 84.2 Å². The molecule has 1 heterocycles. The van der Waals surface area contributed by atoms with E-state index in [4.69, 9.17) is 5.11 Å². The summed E-state index contributed by atoms with van der Waals surface area (Å²) < 4.78 is 1.85. The monoisotopic (exact) mass is 285 g/mol. The summed E-state index contributed by atoms with van der Waals surface area (Å²) >= 11 is 0. The van der Waals surface area contributed by atoms with Crippen LogP contribution in [0, 0.1) is 5.92 Å². The van der Waals surface area contributed by atoms with E-state index in [0.717, 1.165) is 5.69 Å². The number of imidazole rings is 1. The molecule has 1 aliphatic carbocycles. The van der Waals surface area contributed by atoms with E-state index in [2.05, 4.69) is 10.3 Å². The second-order valence-corrected chi connectivity index (χ2v) is 5.19. The van der Waals surface area contributed by atoms with Gasteiger partial charge in [0.05, 0.1) is 12.2 Å². The molecule has 0 spiro atoms. The van der Waals surface area contributed by atoms with Crippen LogP contribution in [0.1, 0.15) is 23.2 Å². The summed E-state index contributed by atoms with van der Waals surface area (Å²) in [6, 6.07) is 7.15. The van der Waals surface area contributed by atoms with Gasteiger partial charge in [-0.1, -0.05) is 0 Å². The Morgan fingerprint density at radius 1 is 1.24 bits per heavy atom. The highest BCUT2D eigenvalue weighted by atomic mass is 16.4. The summed E-state index contributed by atoms with van der Waals surface area (Å²) in [5.41, 5.74) is 1.50. The zero-order valence-electron chi connectivity index (χ0n) is 11.3. The fourth-order valence-corrected chi connectivity index (χ4v) is 2.40. The smallest absolute Gasteiger partial charge is 0.306 e. The Morgan fingerprint density at radius 3 is 2.52 bits per heavy atom. The van der Waals surface area contributed by atoms with Crippen LogP contribution in [0.25, 0.3) is 5.69 Å². The number of nitrogens with zero attached hydrogens (tertiary/aromatic N) is 2. The van der Waals surface area contributed by atoms with E-state index in [0.29, 0.717) is 18.4 Å². The van der Waals surface area contributed by atoms with E-state index in [1.807, 2.05) is 22.9 Å². The molecular weight excluding hydrogens is 270 g/mol. The van der Waals surface area contributed by atoms with E-state index in [1.165, 1.54) is 0 Å². The van der Waals surface area contributed by atoms with Crippen LogP contribution in [-0.2, 0) is 4.79 Å². The number of amides is 1.